The van der Waals surface area contributed by atoms with Gasteiger partial charge in [0.25, 0.3) is 0 Å². The Morgan fingerprint density at radius 1 is 0.967 bits per heavy atom. The fourth-order valence-electron chi connectivity index (χ4n) is 4.53. The highest BCUT2D eigenvalue weighted by Gasteiger charge is 2.28. The molecule has 0 bridgehead atoms. The van der Waals surface area contributed by atoms with Crippen molar-refractivity contribution in [2.75, 3.05) is 0 Å². The van der Waals surface area contributed by atoms with Crippen molar-refractivity contribution < 1.29 is 27.5 Å². The summed E-state index contributed by atoms with van der Waals surface area (Å²) in [5.41, 5.74) is -0.392. The van der Waals surface area contributed by atoms with Crippen LogP contribution in [0.2, 0.25) is 0 Å². The van der Waals surface area contributed by atoms with E-state index in [9.17, 15) is 23.1 Å². The number of aromatic carboxylic acids is 1. The molecule has 0 saturated heterocycles. The number of hydrogen-bond donors (Lipinski definition) is 1. The van der Waals surface area contributed by atoms with E-state index in [-0.39, 0.29) is 17.0 Å². The second-order valence-corrected chi connectivity index (χ2v) is 8.16. The predicted molar refractivity (Wildman–Crippen MR) is 108 cm³/mol. The molecule has 0 atom stereocenters. The molecule has 1 N–H and O–H groups in total. The summed E-state index contributed by atoms with van der Waals surface area (Å²) in [7, 11) is 0. The molecule has 162 valence electrons. The number of halogens is 4. The molecule has 2 aromatic rings. The molecule has 0 spiro atoms. The molecule has 30 heavy (non-hydrogen) atoms. The Morgan fingerprint density at radius 3 is 2.17 bits per heavy atom. The first kappa shape index (κ1) is 22.3. The number of carboxylic acids is 1. The topological polar surface area (TPSA) is 37.3 Å². The minimum atomic E-state index is -1.64. The fourth-order valence-corrected chi connectivity index (χ4v) is 4.53. The summed E-state index contributed by atoms with van der Waals surface area (Å²) in [6.07, 6.45) is 8.25. The average molecular weight is 422 g/mol. The fraction of sp³-hybridized carbons (Fsp3) is 0.458. The van der Waals surface area contributed by atoms with Gasteiger partial charge >= 0.3 is 5.97 Å². The highest BCUT2D eigenvalue weighted by atomic mass is 19.2. The summed E-state index contributed by atoms with van der Waals surface area (Å²) >= 11 is 0. The van der Waals surface area contributed by atoms with Gasteiger partial charge in [-0.2, -0.15) is 0 Å². The highest BCUT2D eigenvalue weighted by Crippen LogP contribution is 2.43. The van der Waals surface area contributed by atoms with Crippen LogP contribution in [0.15, 0.2) is 24.3 Å². The summed E-state index contributed by atoms with van der Waals surface area (Å²) < 4.78 is 56.2. The van der Waals surface area contributed by atoms with Crippen molar-refractivity contribution in [1.29, 1.82) is 0 Å². The van der Waals surface area contributed by atoms with E-state index < -0.39 is 34.8 Å². The van der Waals surface area contributed by atoms with Gasteiger partial charge in [-0.05, 0) is 66.8 Å². The molecule has 3 rings (SSSR count). The SMILES string of the molecule is CCCCC[C@H]1CC[C@H](c2ccc(C(=O)O)c(F)c2-c2cc(F)c(F)c(F)c2)CC1. The molecule has 0 aliphatic heterocycles. The van der Waals surface area contributed by atoms with Crippen LogP contribution in [0.4, 0.5) is 17.6 Å². The number of rotatable bonds is 7. The van der Waals surface area contributed by atoms with Crippen LogP contribution in [0.1, 0.15) is 80.1 Å². The Bertz CT molecular complexity index is 895. The minimum Gasteiger partial charge on any atom is -0.478 e. The summed E-state index contributed by atoms with van der Waals surface area (Å²) in [6, 6.07) is 4.17. The molecule has 2 aromatic carbocycles. The molecular weight excluding hydrogens is 396 g/mol. The van der Waals surface area contributed by atoms with E-state index in [0.29, 0.717) is 11.5 Å². The lowest BCUT2D eigenvalue weighted by molar-refractivity contribution is 0.0692. The van der Waals surface area contributed by atoms with Gasteiger partial charge in [0.2, 0.25) is 0 Å². The zero-order valence-electron chi connectivity index (χ0n) is 17.0. The Kier molecular flexibility index (Phi) is 7.16. The Morgan fingerprint density at radius 2 is 1.60 bits per heavy atom. The van der Waals surface area contributed by atoms with Crippen molar-refractivity contribution in [3.05, 3.63) is 58.7 Å². The first-order chi connectivity index (χ1) is 14.3. The predicted octanol–water partition coefficient (Wildman–Crippen LogP) is 7.46. The van der Waals surface area contributed by atoms with Gasteiger partial charge < -0.3 is 5.11 Å². The lowest BCUT2D eigenvalue weighted by Gasteiger charge is -2.30. The van der Waals surface area contributed by atoms with Crippen LogP contribution in [0, 0.1) is 29.2 Å². The summed E-state index contributed by atoms with van der Waals surface area (Å²) in [6.45, 7) is 2.16. The molecule has 0 aromatic heterocycles. The zero-order valence-corrected chi connectivity index (χ0v) is 17.0. The van der Waals surface area contributed by atoms with Crippen LogP contribution < -0.4 is 0 Å². The van der Waals surface area contributed by atoms with Gasteiger partial charge in [-0.25, -0.2) is 22.4 Å². The summed E-state index contributed by atoms with van der Waals surface area (Å²) in [5, 5.41) is 9.28. The molecule has 1 fully saturated rings. The Hall–Kier alpha value is -2.37. The number of hydrogen-bond acceptors (Lipinski definition) is 1. The van der Waals surface area contributed by atoms with Crippen molar-refractivity contribution in [1.82, 2.24) is 0 Å². The van der Waals surface area contributed by atoms with Gasteiger partial charge in [0.05, 0.1) is 5.56 Å². The summed E-state index contributed by atoms with van der Waals surface area (Å²) in [4.78, 5) is 11.4. The van der Waals surface area contributed by atoms with Crippen LogP contribution in [0.25, 0.3) is 11.1 Å². The molecular formula is C24H26F4O2. The molecule has 0 unspecified atom stereocenters. The van der Waals surface area contributed by atoms with Gasteiger partial charge in [-0.1, -0.05) is 38.7 Å². The molecule has 1 aliphatic carbocycles. The van der Waals surface area contributed by atoms with E-state index in [0.717, 1.165) is 44.2 Å². The van der Waals surface area contributed by atoms with Crippen molar-refractivity contribution in [2.45, 2.75) is 64.2 Å². The third-order valence-electron chi connectivity index (χ3n) is 6.18. The van der Waals surface area contributed by atoms with Crippen LogP contribution >= 0.6 is 0 Å². The van der Waals surface area contributed by atoms with E-state index in [4.69, 9.17) is 0 Å². The molecule has 1 saturated carbocycles. The monoisotopic (exact) mass is 422 g/mol. The number of carboxylic acid groups (broad SMARTS) is 1. The van der Waals surface area contributed by atoms with Crippen molar-refractivity contribution in [3.63, 3.8) is 0 Å². The van der Waals surface area contributed by atoms with Crippen molar-refractivity contribution in [3.8, 4) is 11.1 Å². The maximum atomic E-state index is 15.2. The Labute approximate surface area is 173 Å². The Balaban J connectivity index is 1.96. The van der Waals surface area contributed by atoms with Crippen molar-refractivity contribution >= 4 is 5.97 Å². The van der Waals surface area contributed by atoms with Gasteiger partial charge in [-0.15, -0.1) is 0 Å². The standard InChI is InChI=1S/C24H26F4O2/c1-2-3-4-5-14-6-8-15(9-7-14)17-10-11-18(24(29)30)22(27)21(17)16-12-19(25)23(28)20(26)13-16/h10-15H,2-9H2,1H3,(H,29,30)/t14-,15-. The van der Waals surface area contributed by atoms with E-state index >= 15 is 4.39 Å². The first-order valence-electron chi connectivity index (χ1n) is 10.5. The van der Waals surface area contributed by atoms with E-state index in [1.807, 2.05) is 0 Å². The second kappa shape index (κ2) is 9.63. The molecule has 2 nitrogen and oxygen atoms in total. The second-order valence-electron chi connectivity index (χ2n) is 8.16. The number of unbranched alkanes of at least 4 members (excludes halogenated alkanes) is 2. The third-order valence-corrected chi connectivity index (χ3v) is 6.18. The molecule has 0 amide bonds. The van der Waals surface area contributed by atoms with Crippen LogP contribution in [0.5, 0.6) is 0 Å². The first-order valence-corrected chi connectivity index (χ1v) is 10.5. The lowest BCUT2D eigenvalue weighted by Crippen LogP contribution is -2.15. The molecule has 0 heterocycles. The van der Waals surface area contributed by atoms with Crippen LogP contribution in [-0.2, 0) is 0 Å². The lowest BCUT2D eigenvalue weighted by atomic mass is 9.75. The van der Waals surface area contributed by atoms with Gasteiger partial charge in [0, 0.05) is 5.56 Å². The maximum Gasteiger partial charge on any atom is 0.338 e. The van der Waals surface area contributed by atoms with Gasteiger partial charge in [0.1, 0.15) is 5.82 Å². The smallest absolute Gasteiger partial charge is 0.338 e. The number of benzene rings is 2. The molecule has 0 radical (unpaired) electrons. The highest BCUT2D eigenvalue weighted by molar-refractivity contribution is 5.90. The normalized spacial score (nSPS) is 19.1. The largest absolute Gasteiger partial charge is 0.478 e. The molecule has 1 aliphatic rings. The van der Waals surface area contributed by atoms with Gasteiger partial charge in [0.15, 0.2) is 17.5 Å². The summed E-state index contributed by atoms with van der Waals surface area (Å²) in [5.74, 6) is -6.45. The number of carbonyl (C=O) groups is 1. The molecule has 6 heteroatoms. The zero-order chi connectivity index (χ0) is 21.8. The van der Waals surface area contributed by atoms with E-state index in [1.165, 1.54) is 31.4 Å². The average Bonchev–Trinajstić information content (AvgIpc) is 2.72. The third kappa shape index (κ3) is 4.68. The van der Waals surface area contributed by atoms with Crippen molar-refractivity contribution in [2.24, 2.45) is 5.92 Å². The maximum absolute atomic E-state index is 15.2. The van der Waals surface area contributed by atoms with Gasteiger partial charge in [-0.3, -0.25) is 0 Å². The van der Waals surface area contributed by atoms with Crippen LogP contribution in [0.3, 0.4) is 0 Å². The van der Waals surface area contributed by atoms with E-state index in [2.05, 4.69) is 6.92 Å². The quantitative estimate of drug-likeness (QED) is 0.286. The van der Waals surface area contributed by atoms with E-state index in [1.54, 1.807) is 0 Å². The minimum absolute atomic E-state index is 0.0454. The van der Waals surface area contributed by atoms with Crippen LogP contribution in [-0.4, -0.2) is 11.1 Å².